The molecule has 0 aliphatic rings. The Hall–Kier alpha value is -2.21. The van der Waals surface area contributed by atoms with Crippen LogP contribution in [-0.4, -0.2) is 25.1 Å². The minimum Gasteiger partial charge on any atom is -0.348 e. The topological polar surface area (TPSA) is 76.1 Å². The molecule has 22 heavy (non-hydrogen) atoms. The van der Waals surface area contributed by atoms with E-state index >= 15 is 0 Å². The number of nitrogens with zero attached hydrogens (tertiary/aromatic N) is 1. The first-order valence-corrected chi connectivity index (χ1v) is 8.68. The summed E-state index contributed by atoms with van der Waals surface area (Å²) in [7, 11) is -3.44. The number of nitrogens with one attached hydrogen (secondary N) is 1. The van der Waals surface area contributed by atoms with Crippen molar-refractivity contribution in [2.24, 2.45) is 0 Å². The number of rotatable bonds is 6. The van der Waals surface area contributed by atoms with Crippen molar-refractivity contribution >= 4 is 15.7 Å². The van der Waals surface area contributed by atoms with Crippen molar-refractivity contribution in [3.8, 4) is 0 Å². The van der Waals surface area contributed by atoms with E-state index in [9.17, 15) is 13.2 Å². The zero-order valence-corrected chi connectivity index (χ0v) is 13.1. The minimum atomic E-state index is -3.44. The van der Waals surface area contributed by atoms with E-state index in [2.05, 4.69) is 10.3 Å². The number of aromatic nitrogens is 1. The van der Waals surface area contributed by atoms with Gasteiger partial charge in [0.05, 0.1) is 16.2 Å². The van der Waals surface area contributed by atoms with Gasteiger partial charge in [-0.25, -0.2) is 8.42 Å². The highest BCUT2D eigenvalue weighted by Gasteiger charge is 2.21. The van der Waals surface area contributed by atoms with Crippen LogP contribution in [0.15, 0.2) is 53.7 Å². The van der Waals surface area contributed by atoms with Crippen molar-refractivity contribution in [2.75, 3.05) is 5.75 Å². The number of pyridine rings is 1. The molecule has 0 saturated carbocycles. The van der Waals surface area contributed by atoms with Gasteiger partial charge in [-0.1, -0.05) is 19.1 Å². The molecule has 0 aliphatic heterocycles. The maximum atomic E-state index is 12.3. The van der Waals surface area contributed by atoms with Gasteiger partial charge in [-0.15, -0.1) is 0 Å². The molecular formula is C16H18N2O3S. The Labute approximate surface area is 130 Å². The first-order chi connectivity index (χ1) is 10.5. The highest BCUT2D eigenvalue weighted by atomic mass is 32.2. The molecule has 2 rings (SSSR count). The van der Waals surface area contributed by atoms with Crippen molar-refractivity contribution in [3.63, 3.8) is 0 Å². The van der Waals surface area contributed by atoms with Gasteiger partial charge in [0, 0.05) is 18.9 Å². The lowest BCUT2D eigenvalue weighted by Gasteiger charge is -2.10. The van der Waals surface area contributed by atoms with Crippen molar-refractivity contribution in [1.82, 2.24) is 10.3 Å². The van der Waals surface area contributed by atoms with E-state index in [1.807, 2.05) is 0 Å². The van der Waals surface area contributed by atoms with Gasteiger partial charge in [0.25, 0.3) is 5.91 Å². The lowest BCUT2D eigenvalue weighted by atomic mass is 10.2. The zero-order valence-electron chi connectivity index (χ0n) is 12.3. The summed E-state index contributed by atoms with van der Waals surface area (Å²) >= 11 is 0. The summed E-state index contributed by atoms with van der Waals surface area (Å²) in [5.41, 5.74) is 1.09. The van der Waals surface area contributed by atoms with Crippen molar-refractivity contribution in [1.29, 1.82) is 0 Å². The van der Waals surface area contributed by atoms with Crippen molar-refractivity contribution in [2.45, 2.75) is 24.8 Å². The Bertz CT molecular complexity index is 743. The third-order valence-corrected chi connectivity index (χ3v) is 5.11. The Morgan fingerprint density at radius 3 is 2.50 bits per heavy atom. The molecule has 2 aromatic rings. The molecule has 0 radical (unpaired) electrons. The summed E-state index contributed by atoms with van der Waals surface area (Å²) in [6.45, 7) is 2.12. The molecule has 1 amide bonds. The molecular weight excluding hydrogens is 300 g/mol. The molecule has 0 fully saturated rings. The Morgan fingerprint density at radius 2 is 1.82 bits per heavy atom. The van der Waals surface area contributed by atoms with Crippen LogP contribution in [0.25, 0.3) is 0 Å². The summed E-state index contributed by atoms with van der Waals surface area (Å²) in [5.74, 6) is -0.367. The van der Waals surface area contributed by atoms with Crippen LogP contribution >= 0.6 is 0 Å². The average Bonchev–Trinajstić information content (AvgIpc) is 2.53. The molecule has 0 atom stereocenters. The van der Waals surface area contributed by atoms with E-state index in [0.29, 0.717) is 13.0 Å². The third-order valence-electron chi connectivity index (χ3n) is 3.14. The summed E-state index contributed by atoms with van der Waals surface area (Å²) in [4.78, 5) is 16.3. The van der Waals surface area contributed by atoms with E-state index in [4.69, 9.17) is 0 Å². The summed E-state index contributed by atoms with van der Waals surface area (Å²) < 4.78 is 24.5. The number of benzene rings is 1. The quantitative estimate of drug-likeness (QED) is 0.886. The molecule has 116 valence electrons. The first kappa shape index (κ1) is 16.2. The van der Waals surface area contributed by atoms with Crippen LogP contribution in [0.1, 0.15) is 29.3 Å². The molecule has 0 saturated heterocycles. The van der Waals surface area contributed by atoms with Gasteiger partial charge in [-0.05, 0) is 36.2 Å². The van der Waals surface area contributed by atoms with E-state index in [-0.39, 0.29) is 16.2 Å². The van der Waals surface area contributed by atoms with E-state index < -0.39 is 15.7 Å². The van der Waals surface area contributed by atoms with Gasteiger partial charge >= 0.3 is 0 Å². The summed E-state index contributed by atoms with van der Waals surface area (Å²) in [6.07, 6.45) is 3.79. The van der Waals surface area contributed by atoms with Crippen LogP contribution in [-0.2, 0) is 16.4 Å². The van der Waals surface area contributed by atoms with Gasteiger partial charge in [0.2, 0.25) is 0 Å². The highest BCUT2D eigenvalue weighted by Crippen LogP contribution is 2.18. The maximum absolute atomic E-state index is 12.3. The molecule has 6 heteroatoms. The second kappa shape index (κ2) is 7.17. The Balaban J connectivity index is 2.20. The van der Waals surface area contributed by atoms with Crippen LogP contribution < -0.4 is 5.32 Å². The van der Waals surface area contributed by atoms with Gasteiger partial charge in [0.1, 0.15) is 0 Å². The number of amides is 1. The lowest BCUT2D eigenvalue weighted by Crippen LogP contribution is -2.25. The van der Waals surface area contributed by atoms with Crippen molar-refractivity contribution < 1.29 is 13.2 Å². The summed E-state index contributed by atoms with van der Waals surface area (Å²) in [6, 6.07) is 9.88. The molecule has 0 unspecified atom stereocenters. The normalized spacial score (nSPS) is 11.1. The standard InChI is InChI=1S/C16H18N2O3S/c1-2-11-22(20,21)15-6-4-3-5-14(15)16(19)18-12-13-7-9-17-10-8-13/h3-10H,2,11-12H2,1H3,(H,18,19). The molecule has 1 aromatic carbocycles. The van der Waals surface area contributed by atoms with Gasteiger partial charge in [0.15, 0.2) is 9.84 Å². The molecule has 5 nitrogen and oxygen atoms in total. The van der Waals surface area contributed by atoms with Crippen molar-refractivity contribution in [3.05, 3.63) is 59.9 Å². The summed E-state index contributed by atoms with van der Waals surface area (Å²) in [5, 5.41) is 2.74. The number of carbonyl (C=O) groups is 1. The fraction of sp³-hybridized carbons (Fsp3) is 0.250. The molecule has 0 aliphatic carbocycles. The highest BCUT2D eigenvalue weighted by molar-refractivity contribution is 7.91. The second-order valence-electron chi connectivity index (χ2n) is 4.85. The third kappa shape index (κ3) is 3.92. The lowest BCUT2D eigenvalue weighted by molar-refractivity contribution is 0.0947. The largest absolute Gasteiger partial charge is 0.348 e. The first-order valence-electron chi connectivity index (χ1n) is 7.03. The fourth-order valence-corrected chi connectivity index (χ4v) is 3.62. The van der Waals surface area contributed by atoms with Crippen LogP contribution in [0.3, 0.4) is 0 Å². The van der Waals surface area contributed by atoms with Gasteiger partial charge in [-0.2, -0.15) is 0 Å². The van der Waals surface area contributed by atoms with E-state index in [1.165, 1.54) is 12.1 Å². The Kier molecular flexibility index (Phi) is 5.27. The van der Waals surface area contributed by atoms with E-state index in [1.54, 1.807) is 43.6 Å². The number of hydrogen-bond donors (Lipinski definition) is 1. The monoisotopic (exact) mass is 318 g/mol. The predicted octanol–water partition coefficient (Wildman–Crippen LogP) is 2.20. The number of hydrogen-bond acceptors (Lipinski definition) is 4. The predicted molar refractivity (Wildman–Crippen MR) is 84.2 cm³/mol. The number of sulfone groups is 1. The van der Waals surface area contributed by atoms with Crippen LogP contribution in [0, 0.1) is 0 Å². The van der Waals surface area contributed by atoms with Crippen LogP contribution in [0.4, 0.5) is 0 Å². The van der Waals surface area contributed by atoms with Gasteiger partial charge in [-0.3, -0.25) is 9.78 Å². The Morgan fingerprint density at radius 1 is 1.14 bits per heavy atom. The minimum absolute atomic E-state index is 0.0294. The van der Waals surface area contributed by atoms with Gasteiger partial charge < -0.3 is 5.32 Å². The SMILES string of the molecule is CCCS(=O)(=O)c1ccccc1C(=O)NCc1ccncc1. The second-order valence-corrected chi connectivity index (χ2v) is 6.93. The zero-order chi connectivity index (χ0) is 16.0. The fourth-order valence-electron chi connectivity index (χ4n) is 2.08. The molecule has 0 spiro atoms. The molecule has 1 N–H and O–H groups in total. The maximum Gasteiger partial charge on any atom is 0.252 e. The average molecular weight is 318 g/mol. The molecule has 0 bridgehead atoms. The molecule has 1 heterocycles. The molecule has 1 aromatic heterocycles. The van der Waals surface area contributed by atoms with Crippen LogP contribution in [0.2, 0.25) is 0 Å². The van der Waals surface area contributed by atoms with Crippen LogP contribution in [0.5, 0.6) is 0 Å². The smallest absolute Gasteiger partial charge is 0.252 e. The van der Waals surface area contributed by atoms with E-state index in [0.717, 1.165) is 5.56 Å². The number of carbonyl (C=O) groups excluding carboxylic acids is 1.